The summed E-state index contributed by atoms with van der Waals surface area (Å²) < 4.78 is 5.16. The SMILES string of the molecule is COCCN(C)C1(CN)CSCC(C)(C)C1. The summed E-state index contributed by atoms with van der Waals surface area (Å²) in [7, 11) is 3.93. The highest BCUT2D eigenvalue weighted by Gasteiger charge is 2.42. The van der Waals surface area contributed by atoms with Gasteiger partial charge in [0.05, 0.1) is 6.61 Å². The summed E-state index contributed by atoms with van der Waals surface area (Å²) in [6.45, 7) is 7.17. The van der Waals surface area contributed by atoms with Crippen molar-refractivity contribution in [3.63, 3.8) is 0 Å². The zero-order chi connectivity index (χ0) is 12.2. The lowest BCUT2D eigenvalue weighted by Crippen LogP contribution is -2.59. The highest BCUT2D eigenvalue weighted by atomic mass is 32.2. The lowest BCUT2D eigenvalue weighted by molar-refractivity contribution is 0.0647. The third-order valence-electron chi connectivity index (χ3n) is 3.49. The Hall–Kier alpha value is 0.230. The molecular formula is C12H26N2OS. The minimum atomic E-state index is 0.158. The molecule has 3 nitrogen and oxygen atoms in total. The minimum absolute atomic E-state index is 0.158. The Kier molecular flexibility index (Phi) is 5.10. The number of likely N-dealkylation sites (N-methyl/N-ethyl adjacent to an activating group) is 1. The molecule has 1 rings (SSSR count). The molecule has 0 aliphatic carbocycles. The molecule has 1 atom stereocenters. The normalized spacial score (nSPS) is 29.6. The van der Waals surface area contributed by atoms with Gasteiger partial charge in [0.15, 0.2) is 0 Å². The van der Waals surface area contributed by atoms with Crippen molar-refractivity contribution in [2.24, 2.45) is 11.1 Å². The van der Waals surface area contributed by atoms with Crippen molar-refractivity contribution in [1.29, 1.82) is 0 Å². The van der Waals surface area contributed by atoms with E-state index in [4.69, 9.17) is 10.5 Å². The Morgan fingerprint density at radius 2 is 2.06 bits per heavy atom. The maximum Gasteiger partial charge on any atom is 0.0589 e. The van der Waals surface area contributed by atoms with E-state index in [1.54, 1.807) is 7.11 Å². The van der Waals surface area contributed by atoms with Crippen LogP contribution in [0.5, 0.6) is 0 Å². The van der Waals surface area contributed by atoms with Gasteiger partial charge in [0.25, 0.3) is 0 Å². The van der Waals surface area contributed by atoms with Crippen LogP contribution in [-0.2, 0) is 4.74 Å². The van der Waals surface area contributed by atoms with E-state index >= 15 is 0 Å². The van der Waals surface area contributed by atoms with Crippen molar-refractivity contribution >= 4 is 11.8 Å². The molecule has 0 radical (unpaired) electrons. The van der Waals surface area contributed by atoms with Gasteiger partial charge in [-0.2, -0.15) is 11.8 Å². The fourth-order valence-electron chi connectivity index (χ4n) is 2.51. The lowest BCUT2D eigenvalue weighted by atomic mass is 9.79. The Bertz CT molecular complexity index is 223. The quantitative estimate of drug-likeness (QED) is 0.796. The first-order chi connectivity index (χ1) is 7.46. The summed E-state index contributed by atoms with van der Waals surface area (Å²) >= 11 is 2.03. The highest BCUT2D eigenvalue weighted by molar-refractivity contribution is 7.99. The number of nitrogens with zero attached hydrogens (tertiary/aromatic N) is 1. The van der Waals surface area contributed by atoms with E-state index in [2.05, 4.69) is 25.8 Å². The molecule has 0 aromatic rings. The maximum absolute atomic E-state index is 6.04. The number of nitrogens with two attached hydrogens (primary N) is 1. The molecule has 0 bridgehead atoms. The molecule has 1 heterocycles. The molecule has 1 saturated heterocycles. The molecule has 0 aromatic carbocycles. The Morgan fingerprint density at radius 3 is 2.56 bits per heavy atom. The van der Waals surface area contributed by atoms with Crippen LogP contribution in [0.2, 0.25) is 0 Å². The second-order valence-electron chi connectivity index (χ2n) is 5.68. The lowest BCUT2D eigenvalue weighted by Gasteiger charge is -2.49. The van der Waals surface area contributed by atoms with E-state index in [1.807, 2.05) is 11.8 Å². The van der Waals surface area contributed by atoms with Crippen LogP contribution in [0.1, 0.15) is 20.3 Å². The van der Waals surface area contributed by atoms with Gasteiger partial charge in [-0.25, -0.2) is 0 Å². The average molecular weight is 246 g/mol. The third kappa shape index (κ3) is 3.36. The van der Waals surface area contributed by atoms with Crippen LogP contribution < -0.4 is 5.73 Å². The summed E-state index contributed by atoms with van der Waals surface area (Å²) in [6, 6.07) is 0. The molecule has 1 aliphatic heterocycles. The standard InChI is InChI=1S/C12H26N2OS/c1-11(2)7-12(8-13,10-16-9-11)14(3)5-6-15-4/h5-10,13H2,1-4H3. The first-order valence-corrected chi connectivity index (χ1v) is 7.09. The van der Waals surface area contributed by atoms with E-state index in [0.717, 1.165) is 25.4 Å². The number of methoxy groups -OCH3 is 1. The van der Waals surface area contributed by atoms with Crippen molar-refractivity contribution < 1.29 is 4.74 Å². The largest absolute Gasteiger partial charge is 0.383 e. The zero-order valence-corrected chi connectivity index (χ0v) is 11.9. The average Bonchev–Trinajstić information content (AvgIpc) is 2.24. The molecule has 0 amide bonds. The molecule has 1 fully saturated rings. The van der Waals surface area contributed by atoms with Gasteiger partial charge in [-0.3, -0.25) is 4.90 Å². The van der Waals surface area contributed by atoms with Crippen LogP contribution in [-0.4, -0.2) is 55.8 Å². The Labute approximate surface area is 104 Å². The van der Waals surface area contributed by atoms with E-state index in [9.17, 15) is 0 Å². The predicted molar refractivity (Wildman–Crippen MR) is 72.0 cm³/mol. The molecule has 96 valence electrons. The molecule has 2 N–H and O–H groups in total. The summed E-state index contributed by atoms with van der Waals surface area (Å²) in [5.41, 5.74) is 6.59. The molecule has 1 aliphatic rings. The van der Waals surface area contributed by atoms with Crippen LogP contribution in [0.15, 0.2) is 0 Å². The summed E-state index contributed by atoms with van der Waals surface area (Å²) in [4.78, 5) is 2.39. The van der Waals surface area contributed by atoms with Crippen molar-refractivity contribution in [2.75, 3.05) is 45.4 Å². The van der Waals surface area contributed by atoms with Crippen molar-refractivity contribution in [2.45, 2.75) is 25.8 Å². The highest BCUT2D eigenvalue weighted by Crippen LogP contribution is 2.41. The van der Waals surface area contributed by atoms with Crippen LogP contribution in [0.25, 0.3) is 0 Å². The molecule has 0 saturated carbocycles. The molecular weight excluding hydrogens is 220 g/mol. The molecule has 16 heavy (non-hydrogen) atoms. The van der Waals surface area contributed by atoms with Gasteiger partial charge in [-0.1, -0.05) is 13.8 Å². The van der Waals surface area contributed by atoms with Crippen LogP contribution in [0.3, 0.4) is 0 Å². The maximum atomic E-state index is 6.04. The monoisotopic (exact) mass is 246 g/mol. The second-order valence-corrected chi connectivity index (χ2v) is 6.66. The number of ether oxygens (including phenoxy) is 1. The predicted octanol–water partition coefficient (Wildman–Crippen LogP) is 1.43. The van der Waals surface area contributed by atoms with Gasteiger partial charge in [-0.05, 0) is 24.6 Å². The van der Waals surface area contributed by atoms with Crippen LogP contribution in [0.4, 0.5) is 0 Å². The molecule has 1 unspecified atom stereocenters. The summed E-state index contributed by atoms with van der Waals surface area (Å²) in [6.07, 6.45) is 1.18. The van der Waals surface area contributed by atoms with Gasteiger partial charge in [0.1, 0.15) is 0 Å². The smallest absolute Gasteiger partial charge is 0.0589 e. The van der Waals surface area contributed by atoms with Gasteiger partial charge >= 0.3 is 0 Å². The second kappa shape index (κ2) is 5.71. The first kappa shape index (κ1) is 14.3. The van der Waals surface area contributed by atoms with Gasteiger partial charge < -0.3 is 10.5 Å². The molecule has 0 aromatic heterocycles. The van der Waals surface area contributed by atoms with E-state index in [0.29, 0.717) is 5.41 Å². The van der Waals surface area contributed by atoms with Crippen molar-refractivity contribution in [3.8, 4) is 0 Å². The first-order valence-electron chi connectivity index (χ1n) is 5.94. The van der Waals surface area contributed by atoms with E-state index in [1.165, 1.54) is 12.2 Å². The van der Waals surface area contributed by atoms with Crippen molar-refractivity contribution in [3.05, 3.63) is 0 Å². The number of thioether (sulfide) groups is 1. The number of hydrogen-bond donors (Lipinski definition) is 1. The number of rotatable bonds is 5. The molecule has 4 heteroatoms. The van der Waals surface area contributed by atoms with Crippen molar-refractivity contribution in [1.82, 2.24) is 4.90 Å². The molecule has 0 spiro atoms. The van der Waals surface area contributed by atoms with Crippen LogP contribution >= 0.6 is 11.8 Å². The Balaban J connectivity index is 2.68. The Morgan fingerprint density at radius 1 is 1.38 bits per heavy atom. The summed E-state index contributed by atoms with van der Waals surface area (Å²) in [5, 5.41) is 0. The minimum Gasteiger partial charge on any atom is -0.383 e. The van der Waals surface area contributed by atoms with Gasteiger partial charge in [0, 0.05) is 31.5 Å². The van der Waals surface area contributed by atoms with Gasteiger partial charge in [-0.15, -0.1) is 0 Å². The third-order valence-corrected chi connectivity index (χ3v) is 5.22. The van der Waals surface area contributed by atoms with Crippen LogP contribution in [0, 0.1) is 5.41 Å². The number of hydrogen-bond acceptors (Lipinski definition) is 4. The fraction of sp³-hybridized carbons (Fsp3) is 1.00. The summed E-state index contributed by atoms with van der Waals surface area (Å²) in [5.74, 6) is 2.39. The zero-order valence-electron chi connectivity index (χ0n) is 11.1. The fourth-order valence-corrected chi connectivity index (χ4v) is 4.08. The van der Waals surface area contributed by atoms with E-state index in [-0.39, 0.29) is 5.54 Å². The van der Waals surface area contributed by atoms with E-state index < -0.39 is 0 Å². The van der Waals surface area contributed by atoms with Gasteiger partial charge in [0.2, 0.25) is 0 Å². The topological polar surface area (TPSA) is 38.5 Å².